The van der Waals surface area contributed by atoms with Crippen LogP contribution in [-0.4, -0.2) is 85.3 Å². The number of carbonyl (C=O) groups excluding carboxylic acids is 2. The van der Waals surface area contributed by atoms with E-state index >= 15 is 0 Å². The van der Waals surface area contributed by atoms with Crippen molar-refractivity contribution in [2.24, 2.45) is 11.8 Å². The van der Waals surface area contributed by atoms with Gasteiger partial charge in [0.1, 0.15) is 0 Å². The average molecular weight is 408 g/mol. The Morgan fingerprint density at radius 3 is 2.45 bits per heavy atom. The lowest BCUT2D eigenvalue weighted by atomic mass is 9.84. The first-order valence-corrected chi connectivity index (χ1v) is 11.6. The molecule has 4 atom stereocenters. The molecular formula is C22H37N3O4. The summed E-state index contributed by atoms with van der Waals surface area (Å²) in [6, 6.07) is 1.23. The van der Waals surface area contributed by atoms with Gasteiger partial charge in [0, 0.05) is 63.3 Å². The van der Waals surface area contributed by atoms with E-state index in [0.717, 1.165) is 58.5 Å². The summed E-state index contributed by atoms with van der Waals surface area (Å²) >= 11 is 0. The maximum absolute atomic E-state index is 12.8. The van der Waals surface area contributed by atoms with Crippen molar-refractivity contribution in [2.75, 3.05) is 39.5 Å². The summed E-state index contributed by atoms with van der Waals surface area (Å²) in [5, 5.41) is 3.15. The molecule has 164 valence electrons. The number of nitrogens with zero attached hydrogens (tertiary/aromatic N) is 2. The van der Waals surface area contributed by atoms with Crippen molar-refractivity contribution in [3.63, 3.8) is 0 Å². The molecule has 0 aromatic rings. The van der Waals surface area contributed by atoms with Gasteiger partial charge in [-0.3, -0.25) is 14.5 Å². The SMILES string of the molecule is CCN(CC)C(=O)C[C@@H]1OC[C@@H]2[C@H]1[C@H](CC(=O)NC1CC1)CN2C1CCOCC1. The molecule has 0 aromatic carbocycles. The zero-order valence-electron chi connectivity index (χ0n) is 18.0. The highest BCUT2D eigenvalue weighted by Crippen LogP contribution is 2.43. The summed E-state index contributed by atoms with van der Waals surface area (Å²) in [4.78, 5) is 29.8. The molecule has 0 bridgehead atoms. The quantitative estimate of drug-likeness (QED) is 0.659. The van der Waals surface area contributed by atoms with Gasteiger partial charge in [-0.25, -0.2) is 0 Å². The third kappa shape index (κ3) is 4.78. The predicted molar refractivity (Wildman–Crippen MR) is 109 cm³/mol. The predicted octanol–water partition coefficient (Wildman–Crippen LogP) is 1.41. The molecule has 7 nitrogen and oxygen atoms in total. The Balaban J connectivity index is 1.45. The molecule has 7 heteroatoms. The van der Waals surface area contributed by atoms with Crippen LogP contribution in [0.4, 0.5) is 0 Å². The van der Waals surface area contributed by atoms with Crippen molar-refractivity contribution in [3.8, 4) is 0 Å². The van der Waals surface area contributed by atoms with Crippen LogP contribution in [-0.2, 0) is 19.1 Å². The van der Waals surface area contributed by atoms with Crippen molar-refractivity contribution in [3.05, 3.63) is 0 Å². The zero-order chi connectivity index (χ0) is 20.4. The van der Waals surface area contributed by atoms with E-state index in [0.29, 0.717) is 37.6 Å². The van der Waals surface area contributed by atoms with Gasteiger partial charge in [-0.05, 0) is 45.4 Å². The molecule has 2 amide bonds. The largest absolute Gasteiger partial charge is 0.381 e. The number of hydrogen-bond donors (Lipinski definition) is 1. The standard InChI is InChI=1S/C22H37N3O4/c1-3-24(4-2)21(27)12-19-22-15(11-20(26)23-16-5-6-16)13-25(18(22)14-29-19)17-7-9-28-10-8-17/h15-19,22H,3-14H2,1-2H3,(H,23,26)/t15-,18-,19+,22-/m1/s1. The van der Waals surface area contributed by atoms with Crippen LogP contribution in [0.3, 0.4) is 0 Å². The Morgan fingerprint density at radius 2 is 1.79 bits per heavy atom. The van der Waals surface area contributed by atoms with E-state index in [9.17, 15) is 9.59 Å². The first-order chi connectivity index (χ1) is 14.1. The van der Waals surface area contributed by atoms with Crippen LogP contribution in [0.5, 0.6) is 0 Å². The number of amides is 2. The smallest absolute Gasteiger partial charge is 0.225 e. The zero-order valence-corrected chi connectivity index (χ0v) is 18.0. The minimum atomic E-state index is -0.0725. The summed E-state index contributed by atoms with van der Waals surface area (Å²) in [7, 11) is 0. The van der Waals surface area contributed by atoms with E-state index in [1.165, 1.54) is 0 Å². The van der Waals surface area contributed by atoms with Gasteiger partial charge in [0.2, 0.25) is 11.8 Å². The third-order valence-electron chi connectivity index (χ3n) is 7.31. The normalized spacial score (nSPS) is 32.9. The molecule has 4 aliphatic rings. The molecule has 0 unspecified atom stereocenters. The molecule has 1 N–H and O–H groups in total. The van der Waals surface area contributed by atoms with E-state index in [1.54, 1.807) is 0 Å². The Hall–Kier alpha value is -1.18. The van der Waals surface area contributed by atoms with Crippen molar-refractivity contribution >= 4 is 11.8 Å². The molecule has 1 aliphatic carbocycles. The highest BCUT2D eigenvalue weighted by Gasteiger charge is 2.53. The second-order valence-electron chi connectivity index (χ2n) is 9.13. The number of likely N-dealkylation sites (tertiary alicyclic amines) is 1. The van der Waals surface area contributed by atoms with Crippen LogP contribution >= 0.6 is 0 Å². The maximum atomic E-state index is 12.8. The molecule has 3 saturated heterocycles. The van der Waals surface area contributed by atoms with Crippen LogP contribution in [0.15, 0.2) is 0 Å². The van der Waals surface area contributed by atoms with E-state index in [1.807, 2.05) is 18.7 Å². The minimum absolute atomic E-state index is 0.0725. The fourth-order valence-corrected chi connectivity index (χ4v) is 5.62. The van der Waals surface area contributed by atoms with E-state index < -0.39 is 0 Å². The van der Waals surface area contributed by atoms with Crippen LogP contribution < -0.4 is 5.32 Å². The Morgan fingerprint density at radius 1 is 1.07 bits per heavy atom. The van der Waals surface area contributed by atoms with Gasteiger partial charge in [0.05, 0.1) is 19.1 Å². The number of fused-ring (bicyclic) bond motifs is 1. The van der Waals surface area contributed by atoms with E-state index in [4.69, 9.17) is 9.47 Å². The van der Waals surface area contributed by atoms with Gasteiger partial charge in [0.15, 0.2) is 0 Å². The lowest BCUT2D eigenvalue weighted by molar-refractivity contribution is -0.133. The lowest BCUT2D eigenvalue weighted by Crippen LogP contribution is -2.44. The molecule has 0 spiro atoms. The molecular weight excluding hydrogens is 370 g/mol. The van der Waals surface area contributed by atoms with Gasteiger partial charge < -0.3 is 19.7 Å². The minimum Gasteiger partial charge on any atom is -0.381 e. The number of ether oxygens (including phenoxy) is 2. The summed E-state index contributed by atoms with van der Waals surface area (Å²) in [5.41, 5.74) is 0. The summed E-state index contributed by atoms with van der Waals surface area (Å²) in [5.74, 6) is 0.873. The van der Waals surface area contributed by atoms with Crippen LogP contribution in [0, 0.1) is 11.8 Å². The monoisotopic (exact) mass is 407 g/mol. The maximum Gasteiger partial charge on any atom is 0.225 e. The number of rotatable bonds is 8. The second-order valence-corrected chi connectivity index (χ2v) is 9.13. The highest BCUT2D eigenvalue weighted by molar-refractivity contribution is 5.77. The molecule has 29 heavy (non-hydrogen) atoms. The van der Waals surface area contributed by atoms with Crippen molar-refractivity contribution in [1.82, 2.24) is 15.1 Å². The molecule has 4 fully saturated rings. The Bertz CT molecular complexity index is 587. The number of carbonyl (C=O) groups is 2. The van der Waals surface area contributed by atoms with Crippen molar-refractivity contribution in [2.45, 2.75) is 76.6 Å². The summed E-state index contributed by atoms with van der Waals surface area (Å²) < 4.78 is 11.8. The number of nitrogens with one attached hydrogen (secondary N) is 1. The van der Waals surface area contributed by atoms with Crippen molar-refractivity contribution in [1.29, 1.82) is 0 Å². The molecule has 3 heterocycles. The van der Waals surface area contributed by atoms with Crippen molar-refractivity contribution < 1.29 is 19.1 Å². The fourth-order valence-electron chi connectivity index (χ4n) is 5.62. The first-order valence-electron chi connectivity index (χ1n) is 11.6. The van der Waals surface area contributed by atoms with Gasteiger partial charge in [-0.2, -0.15) is 0 Å². The highest BCUT2D eigenvalue weighted by atomic mass is 16.5. The Labute approximate surface area is 174 Å². The Kier molecular flexibility index (Phi) is 6.76. The molecule has 0 aromatic heterocycles. The molecule has 1 saturated carbocycles. The van der Waals surface area contributed by atoms with Crippen LogP contribution in [0.2, 0.25) is 0 Å². The average Bonchev–Trinajstić information content (AvgIpc) is 3.32. The first kappa shape index (κ1) is 21.1. The third-order valence-corrected chi connectivity index (χ3v) is 7.31. The van der Waals surface area contributed by atoms with Gasteiger partial charge in [-0.1, -0.05) is 0 Å². The molecule has 3 aliphatic heterocycles. The summed E-state index contributed by atoms with van der Waals surface area (Å²) in [6.07, 6.45) is 5.24. The lowest BCUT2D eigenvalue weighted by Gasteiger charge is -2.34. The topological polar surface area (TPSA) is 71.1 Å². The van der Waals surface area contributed by atoms with Crippen LogP contribution in [0.1, 0.15) is 52.4 Å². The van der Waals surface area contributed by atoms with Gasteiger partial charge in [-0.15, -0.1) is 0 Å². The fraction of sp³-hybridized carbons (Fsp3) is 0.909. The van der Waals surface area contributed by atoms with E-state index in [-0.39, 0.29) is 29.8 Å². The second kappa shape index (κ2) is 9.31. The van der Waals surface area contributed by atoms with E-state index in [2.05, 4.69) is 10.2 Å². The molecule has 4 rings (SSSR count). The van der Waals surface area contributed by atoms with Gasteiger partial charge >= 0.3 is 0 Å². The molecule has 0 radical (unpaired) electrons. The van der Waals surface area contributed by atoms with Crippen LogP contribution in [0.25, 0.3) is 0 Å². The van der Waals surface area contributed by atoms with Gasteiger partial charge in [0.25, 0.3) is 0 Å². The summed E-state index contributed by atoms with van der Waals surface area (Å²) in [6.45, 7) is 8.76. The number of hydrogen-bond acceptors (Lipinski definition) is 5.